The van der Waals surface area contributed by atoms with Crippen LogP contribution in [0.2, 0.25) is 0 Å². The molecule has 0 aliphatic rings. The summed E-state index contributed by atoms with van der Waals surface area (Å²) in [4.78, 5) is 0. The molecule has 0 saturated heterocycles. The summed E-state index contributed by atoms with van der Waals surface area (Å²) in [5, 5.41) is 10.1. The minimum absolute atomic E-state index is 0.561. The molecular weight excluding hydrogens is 174 g/mol. The number of hydrogen-bond donors (Lipinski definition) is 2. The van der Waals surface area contributed by atoms with E-state index in [0.29, 0.717) is 10.9 Å². The number of aryl methyl sites for hydroxylation is 1. The average molecular weight is 185 g/mol. The highest BCUT2D eigenvalue weighted by molar-refractivity contribution is 7.80. The second-order valence-electron chi connectivity index (χ2n) is 2.31. The van der Waals surface area contributed by atoms with Crippen molar-refractivity contribution >= 4 is 23.1 Å². The van der Waals surface area contributed by atoms with Gasteiger partial charge >= 0.3 is 0 Å². The second-order valence-corrected chi connectivity index (χ2v) is 2.72. The van der Waals surface area contributed by atoms with Crippen molar-refractivity contribution in [1.82, 2.24) is 10.5 Å². The Labute approximate surface area is 76.3 Å². The Bertz CT molecular complexity index is 271. The summed E-state index contributed by atoms with van der Waals surface area (Å²) in [6, 6.07) is 1.78. The monoisotopic (exact) mass is 185 g/mol. The summed E-state index contributed by atoms with van der Waals surface area (Å²) in [5.41, 5.74) is 0. The number of thiocarbonyl (C=S) groups is 1. The number of nitrogens with one attached hydrogen (secondary N) is 2. The van der Waals surface area contributed by atoms with Crippen LogP contribution >= 0.6 is 12.2 Å². The van der Waals surface area contributed by atoms with Crippen LogP contribution in [0.15, 0.2) is 10.6 Å². The van der Waals surface area contributed by atoms with Crippen molar-refractivity contribution < 1.29 is 4.52 Å². The van der Waals surface area contributed by atoms with Crippen molar-refractivity contribution in [1.29, 1.82) is 0 Å². The van der Waals surface area contributed by atoms with Crippen LogP contribution in [0, 0.1) is 6.92 Å². The molecular formula is C7H11N3OS. The van der Waals surface area contributed by atoms with Crippen molar-refractivity contribution in [2.24, 2.45) is 0 Å². The highest BCUT2D eigenvalue weighted by atomic mass is 32.1. The zero-order chi connectivity index (χ0) is 8.97. The largest absolute Gasteiger partial charge is 0.363 e. The normalized spacial score (nSPS) is 9.50. The van der Waals surface area contributed by atoms with E-state index in [1.54, 1.807) is 6.07 Å². The van der Waals surface area contributed by atoms with Gasteiger partial charge in [-0.2, -0.15) is 0 Å². The molecule has 12 heavy (non-hydrogen) atoms. The molecule has 0 atom stereocenters. The van der Waals surface area contributed by atoms with Crippen LogP contribution in [0.4, 0.5) is 5.82 Å². The summed E-state index contributed by atoms with van der Waals surface area (Å²) in [7, 11) is 0. The van der Waals surface area contributed by atoms with Gasteiger partial charge in [0.1, 0.15) is 5.76 Å². The molecule has 4 nitrogen and oxygen atoms in total. The Morgan fingerprint density at radius 1 is 1.75 bits per heavy atom. The molecule has 0 saturated carbocycles. The summed E-state index contributed by atoms with van der Waals surface area (Å²) < 4.78 is 4.84. The fourth-order valence-corrected chi connectivity index (χ4v) is 0.995. The molecule has 1 aromatic rings. The first kappa shape index (κ1) is 8.99. The molecule has 0 aliphatic carbocycles. The second kappa shape index (κ2) is 4.06. The molecule has 0 bridgehead atoms. The van der Waals surface area contributed by atoms with Crippen molar-refractivity contribution in [2.75, 3.05) is 11.9 Å². The third-order valence-corrected chi connectivity index (χ3v) is 1.45. The standard InChI is InChI=1S/C7H11N3OS/c1-3-8-7(12)9-6-4-5(2)11-10-6/h4H,3H2,1-2H3,(H2,8,9,10,12). The van der Waals surface area contributed by atoms with Gasteiger partial charge in [-0.15, -0.1) is 0 Å². The van der Waals surface area contributed by atoms with Crippen LogP contribution in [0.3, 0.4) is 0 Å². The summed E-state index contributed by atoms with van der Waals surface area (Å²) >= 11 is 4.94. The molecule has 1 aromatic heterocycles. The van der Waals surface area contributed by atoms with Crippen LogP contribution in [-0.4, -0.2) is 16.8 Å². The highest BCUT2D eigenvalue weighted by Crippen LogP contribution is 2.06. The lowest BCUT2D eigenvalue weighted by Crippen LogP contribution is -2.27. The fraction of sp³-hybridized carbons (Fsp3) is 0.429. The molecule has 0 spiro atoms. The fourth-order valence-electron chi connectivity index (χ4n) is 0.746. The quantitative estimate of drug-likeness (QED) is 0.680. The first-order valence-electron chi connectivity index (χ1n) is 3.70. The topological polar surface area (TPSA) is 50.1 Å². The predicted molar refractivity (Wildman–Crippen MR) is 51.1 cm³/mol. The minimum atomic E-state index is 0.561. The Morgan fingerprint density at radius 3 is 3.00 bits per heavy atom. The van der Waals surface area contributed by atoms with E-state index in [4.69, 9.17) is 16.7 Å². The minimum Gasteiger partial charge on any atom is -0.363 e. The van der Waals surface area contributed by atoms with E-state index >= 15 is 0 Å². The summed E-state index contributed by atoms with van der Waals surface area (Å²) in [6.07, 6.45) is 0. The molecule has 0 aliphatic heterocycles. The predicted octanol–water partition coefficient (Wildman–Crippen LogP) is 1.29. The molecule has 1 rings (SSSR count). The molecule has 2 N–H and O–H groups in total. The van der Waals surface area contributed by atoms with Crippen LogP contribution in [0.25, 0.3) is 0 Å². The van der Waals surface area contributed by atoms with E-state index in [2.05, 4.69) is 15.8 Å². The maximum Gasteiger partial charge on any atom is 0.175 e. The zero-order valence-electron chi connectivity index (χ0n) is 7.05. The number of hydrogen-bond acceptors (Lipinski definition) is 3. The average Bonchev–Trinajstić information content (AvgIpc) is 2.36. The lowest BCUT2D eigenvalue weighted by molar-refractivity contribution is 0.400. The third-order valence-electron chi connectivity index (χ3n) is 1.21. The molecule has 0 unspecified atom stereocenters. The maximum absolute atomic E-state index is 4.94. The van der Waals surface area contributed by atoms with Crippen LogP contribution in [0.5, 0.6) is 0 Å². The van der Waals surface area contributed by atoms with Gasteiger partial charge in [-0.3, -0.25) is 0 Å². The van der Waals surface area contributed by atoms with Crippen molar-refractivity contribution in [2.45, 2.75) is 13.8 Å². The zero-order valence-corrected chi connectivity index (χ0v) is 7.86. The van der Waals surface area contributed by atoms with E-state index < -0.39 is 0 Å². The van der Waals surface area contributed by atoms with E-state index in [1.165, 1.54) is 0 Å². The van der Waals surface area contributed by atoms with Gasteiger partial charge in [0, 0.05) is 12.6 Å². The number of anilines is 1. The van der Waals surface area contributed by atoms with Crippen LogP contribution in [0.1, 0.15) is 12.7 Å². The van der Waals surface area contributed by atoms with Crippen LogP contribution < -0.4 is 10.6 Å². The van der Waals surface area contributed by atoms with Gasteiger partial charge in [-0.1, -0.05) is 5.16 Å². The Balaban J connectivity index is 2.46. The van der Waals surface area contributed by atoms with Crippen molar-refractivity contribution in [3.8, 4) is 0 Å². The van der Waals surface area contributed by atoms with Gasteiger partial charge < -0.3 is 15.2 Å². The molecule has 0 amide bonds. The van der Waals surface area contributed by atoms with E-state index in [1.807, 2.05) is 13.8 Å². The molecule has 5 heteroatoms. The van der Waals surface area contributed by atoms with Crippen molar-refractivity contribution in [3.63, 3.8) is 0 Å². The van der Waals surface area contributed by atoms with Gasteiger partial charge in [0.15, 0.2) is 10.9 Å². The third kappa shape index (κ3) is 2.50. The molecule has 0 fully saturated rings. The van der Waals surface area contributed by atoms with Gasteiger partial charge in [0.2, 0.25) is 0 Å². The lowest BCUT2D eigenvalue weighted by atomic mass is 10.5. The van der Waals surface area contributed by atoms with Crippen molar-refractivity contribution in [3.05, 3.63) is 11.8 Å². The first-order chi connectivity index (χ1) is 5.72. The first-order valence-corrected chi connectivity index (χ1v) is 4.11. The number of rotatable bonds is 2. The van der Waals surface area contributed by atoms with E-state index in [-0.39, 0.29) is 0 Å². The smallest absolute Gasteiger partial charge is 0.175 e. The molecule has 66 valence electrons. The van der Waals surface area contributed by atoms with E-state index in [9.17, 15) is 0 Å². The Kier molecular flexibility index (Phi) is 3.04. The number of nitrogens with zero attached hydrogens (tertiary/aromatic N) is 1. The summed E-state index contributed by atoms with van der Waals surface area (Å²) in [5.74, 6) is 1.40. The Morgan fingerprint density at radius 2 is 2.50 bits per heavy atom. The maximum atomic E-state index is 4.94. The summed E-state index contributed by atoms with van der Waals surface area (Å²) in [6.45, 7) is 4.60. The lowest BCUT2D eigenvalue weighted by Gasteiger charge is -2.03. The van der Waals surface area contributed by atoms with Crippen LogP contribution in [-0.2, 0) is 0 Å². The number of aromatic nitrogens is 1. The van der Waals surface area contributed by atoms with E-state index in [0.717, 1.165) is 12.3 Å². The van der Waals surface area contributed by atoms with Gasteiger partial charge in [-0.25, -0.2) is 0 Å². The SMILES string of the molecule is CCNC(=S)Nc1cc(C)on1. The molecule has 0 aromatic carbocycles. The Hall–Kier alpha value is -1.10. The molecule has 1 heterocycles. The molecule has 0 radical (unpaired) electrons. The highest BCUT2D eigenvalue weighted by Gasteiger charge is 2.00. The van der Waals surface area contributed by atoms with Gasteiger partial charge in [-0.05, 0) is 26.1 Å². The van der Waals surface area contributed by atoms with Gasteiger partial charge in [0.05, 0.1) is 0 Å². The van der Waals surface area contributed by atoms with Gasteiger partial charge in [0.25, 0.3) is 0 Å².